The van der Waals surface area contributed by atoms with E-state index in [1.807, 2.05) is 71.9 Å². The number of benzene rings is 5. The van der Waals surface area contributed by atoms with Gasteiger partial charge in [-0.05, 0) is 159 Å². The van der Waals surface area contributed by atoms with Gasteiger partial charge in [-0.3, -0.25) is 4.90 Å². The summed E-state index contributed by atoms with van der Waals surface area (Å²) < 4.78 is 15.9. The van der Waals surface area contributed by atoms with Crippen LogP contribution in [0, 0.1) is 0 Å². The molecule has 86 heavy (non-hydrogen) atoms. The highest BCUT2D eigenvalue weighted by Crippen LogP contribution is 2.37. The Labute approximate surface area is 540 Å². The van der Waals surface area contributed by atoms with Crippen LogP contribution < -0.4 is 25.2 Å². The largest absolute Gasteiger partial charge is 0.488 e. The van der Waals surface area contributed by atoms with Crippen LogP contribution in [0.2, 0.25) is 88.6 Å². The molecule has 1 fully saturated rings. The molecule has 0 spiro atoms. The van der Waals surface area contributed by atoms with Gasteiger partial charge < -0.3 is 23.2 Å². The van der Waals surface area contributed by atoms with E-state index in [1.165, 1.54) is 34.3 Å². The van der Waals surface area contributed by atoms with Crippen molar-refractivity contribution >= 4 is 62.1 Å². The summed E-state index contributed by atoms with van der Waals surface area (Å²) in [7, 11) is -2.44. The summed E-state index contributed by atoms with van der Waals surface area (Å²) in [6.07, 6.45) is 0. The summed E-state index contributed by atoms with van der Waals surface area (Å²) in [6.45, 7) is 78.5. The van der Waals surface area contributed by atoms with E-state index >= 15 is 0 Å². The van der Waals surface area contributed by atoms with E-state index in [9.17, 15) is 0 Å². The Bertz CT molecular complexity index is 2370. The van der Waals surface area contributed by atoms with E-state index in [0.29, 0.717) is 22.2 Å². The second-order valence-corrected chi connectivity index (χ2v) is 59.4. The van der Waals surface area contributed by atoms with Crippen molar-refractivity contribution in [3.05, 3.63) is 152 Å². The maximum atomic E-state index is 5.60. The Hall–Kier alpha value is -3.38. The van der Waals surface area contributed by atoms with Crippen molar-refractivity contribution in [3.63, 3.8) is 0 Å². The number of methoxy groups -OCH3 is 1. The standard InChI is InChI=1S/C22H24Si.C13H20N2.C10H27NSi2.C10H14O.C8H21NSi.C7H18Si.C5H12O/c1-22(2,3)23(19-13-7-4-8-14-19,20-15-9-5-10-16-20)21-17-11-6-12-18-21;1-12(2)14-8-10-15(11-9-14)13-6-4-3-5-7-13;1-10(2,3)11(12(4,5)6)13(7,8)9;1-10(2,3)11-9-7-5-4-6-8-9;1-8(2,3)9(4)10(5,6)7;1-7(2,3)8(4,5)6;1-5(2,3)6-4/h4-18H,1-3H3;3-7,12H,8-11H2,1-2H3;1-9H3;4-8H,1-3H3;1-7H3;1-6H3;1-4H3. The molecule has 1 aliphatic heterocycles. The lowest BCUT2D eigenvalue weighted by Gasteiger charge is -2.52. The van der Waals surface area contributed by atoms with Gasteiger partial charge in [0.25, 0.3) is 0 Å². The van der Waals surface area contributed by atoms with Crippen molar-refractivity contribution < 1.29 is 9.47 Å². The number of hydrogen-bond acceptors (Lipinski definition) is 6. The SMILES string of the molecule is CC(C)(C)N([Si](C)(C)C)[Si](C)(C)C.CC(C)(C)Oc1ccccc1.CC(C)(C)[Si](C)(C)C.CC(C)(C)[Si](c1ccccc1)(c1ccccc1)c1ccccc1.CC(C)N1CCN(c2ccccc2)CC1.CN(C(C)(C)C)[Si](C)(C)C.COC(C)(C)C. The molecule has 0 bridgehead atoms. The number of rotatable bonds is 9. The van der Waals surface area contributed by atoms with Crippen molar-refractivity contribution in [1.29, 1.82) is 0 Å². The first-order chi connectivity index (χ1) is 38.7. The average Bonchev–Trinajstić information content (AvgIpc) is 0.877. The third-order valence-corrected chi connectivity index (χ3v) is 37.0. The Morgan fingerprint density at radius 2 is 0.686 bits per heavy atom. The molecule has 0 aliphatic carbocycles. The van der Waals surface area contributed by atoms with Gasteiger partial charge in [-0.1, -0.05) is 248 Å². The number of para-hydroxylation sites is 2. The molecule has 0 unspecified atom stereocenters. The van der Waals surface area contributed by atoms with Crippen molar-refractivity contribution in [2.45, 2.75) is 255 Å². The lowest BCUT2D eigenvalue weighted by atomic mass is 10.1. The highest BCUT2D eigenvalue weighted by atomic mass is 28.4. The highest BCUT2D eigenvalue weighted by Gasteiger charge is 2.49. The van der Waals surface area contributed by atoms with Crippen molar-refractivity contribution in [3.8, 4) is 5.75 Å². The lowest BCUT2D eigenvalue weighted by molar-refractivity contribution is 0.0397. The monoisotopic (exact) mass is 1260 g/mol. The van der Waals surface area contributed by atoms with E-state index in [-0.39, 0.29) is 16.2 Å². The molecule has 0 amide bonds. The first-order valence-electron chi connectivity index (χ1n) is 32.3. The smallest absolute Gasteiger partial charge is 0.153 e. The second kappa shape index (κ2) is 34.7. The zero-order valence-electron chi connectivity index (χ0n) is 62.4. The van der Waals surface area contributed by atoms with E-state index in [4.69, 9.17) is 9.47 Å². The molecule has 1 aliphatic rings. The van der Waals surface area contributed by atoms with Crippen LogP contribution >= 0.6 is 0 Å². The summed E-state index contributed by atoms with van der Waals surface area (Å²) in [5.74, 6) is 0.931. The fourth-order valence-corrected chi connectivity index (χ4v) is 30.6. The number of nitrogens with zero attached hydrogens (tertiary/aromatic N) is 4. The van der Waals surface area contributed by atoms with Crippen LogP contribution in [0.5, 0.6) is 5.75 Å². The Morgan fingerprint density at radius 1 is 0.395 bits per heavy atom. The Morgan fingerprint density at radius 3 is 0.872 bits per heavy atom. The summed E-state index contributed by atoms with van der Waals surface area (Å²) >= 11 is 0. The molecule has 488 valence electrons. The van der Waals surface area contributed by atoms with Gasteiger partial charge in [0.05, 0.1) is 5.60 Å². The molecule has 0 atom stereocenters. The summed E-state index contributed by atoms with van der Waals surface area (Å²) in [5, 5.41) is 5.17. The van der Waals surface area contributed by atoms with Crippen LogP contribution in [0.3, 0.4) is 0 Å². The van der Waals surface area contributed by atoms with E-state index < -0.39 is 40.9 Å². The molecule has 1 heterocycles. The number of ether oxygens (including phenoxy) is 2. The highest BCUT2D eigenvalue weighted by molar-refractivity contribution is 7.13. The van der Waals surface area contributed by atoms with Crippen molar-refractivity contribution in [2.24, 2.45) is 0 Å². The van der Waals surface area contributed by atoms with Crippen LogP contribution in [0.25, 0.3) is 0 Å². The zero-order chi connectivity index (χ0) is 67.2. The van der Waals surface area contributed by atoms with Crippen molar-refractivity contribution in [2.75, 3.05) is 45.2 Å². The average molecular weight is 1270 g/mol. The molecule has 0 N–H and O–H groups in total. The third kappa shape index (κ3) is 30.9. The molecule has 1 saturated heterocycles. The Balaban J connectivity index is 0.00000102. The molecule has 6 rings (SSSR count). The molecular formula is C75H136N4O2Si5. The van der Waals surface area contributed by atoms with Gasteiger partial charge in [0, 0.05) is 58.6 Å². The summed E-state index contributed by atoms with van der Waals surface area (Å²) in [4.78, 5) is 5.01. The zero-order valence-corrected chi connectivity index (χ0v) is 67.4. The van der Waals surface area contributed by atoms with Crippen LogP contribution in [-0.4, -0.2) is 123 Å². The molecule has 6 nitrogen and oxygen atoms in total. The van der Waals surface area contributed by atoms with E-state index in [0.717, 1.165) is 18.8 Å². The van der Waals surface area contributed by atoms with Crippen LogP contribution in [0.1, 0.15) is 138 Å². The minimum absolute atomic E-state index is 0.0417. The van der Waals surface area contributed by atoms with Gasteiger partial charge in [-0.25, -0.2) is 0 Å². The minimum Gasteiger partial charge on any atom is -0.488 e. The second-order valence-electron chi connectivity index (χ2n) is 33.6. The number of piperazine rings is 1. The van der Waals surface area contributed by atoms with Gasteiger partial charge in [0.15, 0.2) is 8.07 Å². The number of anilines is 1. The first-order valence-corrected chi connectivity index (χ1v) is 48.1. The maximum absolute atomic E-state index is 5.60. The third-order valence-electron chi connectivity index (χ3n) is 16.0. The van der Waals surface area contributed by atoms with E-state index in [1.54, 1.807) is 7.11 Å². The van der Waals surface area contributed by atoms with Crippen LogP contribution in [0.4, 0.5) is 5.69 Å². The molecule has 5 aromatic rings. The molecule has 0 radical (unpaired) electrons. The van der Waals surface area contributed by atoms with Crippen molar-refractivity contribution in [1.82, 2.24) is 13.7 Å². The van der Waals surface area contributed by atoms with Gasteiger partial charge >= 0.3 is 0 Å². The topological polar surface area (TPSA) is 31.4 Å². The van der Waals surface area contributed by atoms with Gasteiger partial charge in [-0.15, -0.1) is 0 Å². The van der Waals surface area contributed by atoms with Crippen LogP contribution in [0.15, 0.2) is 152 Å². The molecule has 5 aromatic carbocycles. The lowest BCUT2D eigenvalue weighted by Crippen LogP contribution is -2.72. The fraction of sp³-hybridized carbons (Fsp3) is 0.600. The van der Waals surface area contributed by atoms with Gasteiger partial charge in [0.2, 0.25) is 0 Å². The summed E-state index contributed by atoms with van der Waals surface area (Å²) in [5.41, 5.74) is 1.99. The Kier molecular flexibility index (Phi) is 33.4. The predicted octanol–water partition coefficient (Wildman–Crippen LogP) is 19.9. The summed E-state index contributed by atoms with van der Waals surface area (Å²) in [6, 6.07) is 54.5. The quantitative estimate of drug-likeness (QED) is 0.108. The van der Waals surface area contributed by atoms with Crippen LogP contribution in [-0.2, 0) is 4.74 Å². The molecular weight excluding hydrogens is 1130 g/mol. The molecule has 0 saturated carbocycles. The fourth-order valence-electron chi connectivity index (χ4n) is 10.9. The molecule has 11 heteroatoms. The van der Waals surface area contributed by atoms with Gasteiger partial charge in [0.1, 0.15) is 36.1 Å². The predicted molar refractivity (Wildman–Crippen MR) is 405 cm³/mol. The first kappa shape index (κ1) is 82.6. The number of hydrogen-bond donors (Lipinski definition) is 0. The molecule has 0 aromatic heterocycles. The maximum Gasteiger partial charge on any atom is 0.153 e. The van der Waals surface area contributed by atoms with Gasteiger partial charge in [-0.2, -0.15) is 0 Å². The normalized spacial score (nSPS) is 14.0. The minimum atomic E-state index is -2.13. The van der Waals surface area contributed by atoms with E-state index in [2.05, 4.69) is 322 Å².